The van der Waals surface area contributed by atoms with Crippen molar-refractivity contribution in [1.29, 1.82) is 0 Å². The van der Waals surface area contributed by atoms with Gasteiger partial charge in [0.05, 0.1) is 34.5 Å². The molecule has 0 saturated heterocycles. The van der Waals surface area contributed by atoms with Gasteiger partial charge in [0, 0.05) is 16.7 Å². The Morgan fingerprint density at radius 3 is 2.25 bits per heavy atom. The number of benzene rings is 2. The minimum atomic E-state index is -0.880. The van der Waals surface area contributed by atoms with Gasteiger partial charge in [-0.15, -0.1) is 10.1 Å². The van der Waals surface area contributed by atoms with Crippen LogP contribution in [0.5, 0.6) is 23.0 Å². The molecule has 0 aromatic heterocycles. The summed E-state index contributed by atoms with van der Waals surface area (Å²) >= 11 is 0. The van der Waals surface area contributed by atoms with Crippen LogP contribution in [-0.4, -0.2) is 39.4 Å². The van der Waals surface area contributed by atoms with E-state index in [0.29, 0.717) is 45.6 Å². The smallest absolute Gasteiger partial charge is 0.294 e. The molecule has 11 heteroatoms. The van der Waals surface area contributed by atoms with Crippen molar-refractivity contribution in [3.05, 3.63) is 91.1 Å². The molecular weight excluding hydrogens is 520 g/mol. The van der Waals surface area contributed by atoms with E-state index in [1.165, 1.54) is 34.5 Å². The molecule has 1 aliphatic carbocycles. The molecule has 40 heavy (non-hydrogen) atoms. The van der Waals surface area contributed by atoms with Crippen molar-refractivity contribution in [3.8, 4) is 34.1 Å². The zero-order valence-electron chi connectivity index (χ0n) is 22.8. The summed E-state index contributed by atoms with van der Waals surface area (Å²) in [4.78, 5) is 42.5. The minimum absolute atomic E-state index is 0.104. The van der Waals surface area contributed by atoms with Crippen molar-refractivity contribution in [3.63, 3.8) is 0 Å². The molecule has 0 bridgehead atoms. The molecular formula is C29H30N2O9. The van der Waals surface area contributed by atoms with Gasteiger partial charge >= 0.3 is 0 Å². The number of methoxy groups -OCH3 is 4. The third kappa shape index (κ3) is 5.22. The van der Waals surface area contributed by atoms with Crippen molar-refractivity contribution in [2.45, 2.75) is 31.9 Å². The molecule has 11 nitrogen and oxygen atoms in total. The summed E-state index contributed by atoms with van der Waals surface area (Å²) in [6.07, 6.45) is 0.342. The van der Waals surface area contributed by atoms with Gasteiger partial charge < -0.3 is 29.1 Å². The summed E-state index contributed by atoms with van der Waals surface area (Å²) in [6, 6.07) is 12.8. The zero-order chi connectivity index (χ0) is 29.0. The van der Waals surface area contributed by atoms with Gasteiger partial charge in [-0.05, 0) is 53.3 Å². The van der Waals surface area contributed by atoms with E-state index in [1.807, 2.05) is 13.0 Å². The first-order valence-corrected chi connectivity index (χ1v) is 12.5. The second-order valence-corrected chi connectivity index (χ2v) is 9.17. The standard InChI is InChI=1S/C29H30N2O9/c1-16-13-21(30-29(33)17-9-7-6-8-10-17)19-14-22(32)23(36-2)12-11-18(19)25-24(16)20(15-40-31(34)35)26(37-3)28(39-5)27(25)38-4/h6-12,14,16,21H,13,15H2,1-5H3,(H,30,33). The maximum Gasteiger partial charge on any atom is 0.294 e. The average Bonchev–Trinajstić information content (AvgIpc) is 3.18. The SMILES string of the molecule is COc1c(CO[N+](=O)[O-])c2c(c(OC)c1OC)-c1ccc(OC)c(=O)cc1C(NC(=O)c1ccccc1)CC2C. The molecule has 0 heterocycles. The Kier molecular flexibility index (Phi) is 8.42. The van der Waals surface area contributed by atoms with Crippen LogP contribution < -0.4 is 29.7 Å². The fourth-order valence-electron chi connectivity index (χ4n) is 5.30. The summed E-state index contributed by atoms with van der Waals surface area (Å²) < 4.78 is 22.5. The lowest BCUT2D eigenvalue weighted by Gasteiger charge is -2.25. The van der Waals surface area contributed by atoms with Crippen molar-refractivity contribution in [1.82, 2.24) is 5.32 Å². The maximum atomic E-state index is 13.3. The molecule has 0 fully saturated rings. The fourth-order valence-corrected chi connectivity index (χ4v) is 5.30. The lowest BCUT2D eigenvalue weighted by molar-refractivity contribution is -0.763. The molecule has 0 aliphatic heterocycles. The van der Waals surface area contributed by atoms with Crippen molar-refractivity contribution >= 4 is 5.91 Å². The molecule has 1 aliphatic rings. The predicted molar refractivity (Wildman–Crippen MR) is 146 cm³/mol. The van der Waals surface area contributed by atoms with Gasteiger partial charge in [0.1, 0.15) is 6.61 Å². The van der Waals surface area contributed by atoms with Gasteiger partial charge in [0.2, 0.25) is 11.2 Å². The largest absolute Gasteiger partial charge is 0.493 e. The van der Waals surface area contributed by atoms with E-state index in [1.54, 1.807) is 36.4 Å². The number of fused-ring (bicyclic) bond motifs is 3. The Morgan fingerprint density at radius 1 is 0.975 bits per heavy atom. The minimum Gasteiger partial charge on any atom is -0.493 e. The van der Waals surface area contributed by atoms with E-state index in [0.717, 1.165) is 0 Å². The van der Waals surface area contributed by atoms with Crippen LogP contribution in [0.3, 0.4) is 0 Å². The molecule has 0 saturated carbocycles. The van der Waals surface area contributed by atoms with Gasteiger partial charge in [0.15, 0.2) is 17.2 Å². The van der Waals surface area contributed by atoms with E-state index in [2.05, 4.69) is 5.32 Å². The Bertz CT molecular complexity index is 1490. The van der Waals surface area contributed by atoms with Crippen molar-refractivity contribution in [2.24, 2.45) is 0 Å². The van der Waals surface area contributed by atoms with Gasteiger partial charge in [-0.1, -0.05) is 31.2 Å². The molecule has 3 aromatic rings. The van der Waals surface area contributed by atoms with E-state index >= 15 is 0 Å². The Hall–Kier alpha value is -4.80. The van der Waals surface area contributed by atoms with Crippen LogP contribution in [0, 0.1) is 10.1 Å². The summed E-state index contributed by atoms with van der Waals surface area (Å²) in [7, 11) is 5.72. The Labute approximate surface area is 230 Å². The number of carbonyl (C=O) groups excluding carboxylic acids is 1. The van der Waals surface area contributed by atoms with Crippen LogP contribution in [-0.2, 0) is 11.4 Å². The van der Waals surface area contributed by atoms with Crippen LogP contribution in [0.1, 0.15) is 52.4 Å². The van der Waals surface area contributed by atoms with Crippen molar-refractivity contribution < 1.29 is 33.7 Å². The number of amides is 1. The molecule has 2 atom stereocenters. The first kappa shape index (κ1) is 28.2. The summed E-state index contributed by atoms with van der Waals surface area (Å²) in [5, 5.41) is 13.4. The number of hydrogen-bond donors (Lipinski definition) is 1. The third-order valence-electron chi connectivity index (χ3n) is 6.96. The second-order valence-electron chi connectivity index (χ2n) is 9.17. The highest BCUT2D eigenvalue weighted by Crippen LogP contribution is 2.55. The molecule has 1 N–H and O–H groups in total. The highest BCUT2D eigenvalue weighted by atomic mass is 16.9. The molecule has 2 unspecified atom stereocenters. The summed E-state index contributed by atoms with van der Waals surface area (Å²) in [5.41, 5.74) is 2.73. The molecule has 4 rings (SSSR count). The van der Waals surface area contributed by atoms with Gasteiger partial charge in [-0.3, -0.25) is 9.59 Å². The maximum absolute atomic E-state index is 13.3. The first-order valence-electron chi connectivity index (χ1n) is 12.5. The number of hydrogen-bond acceptors (Lipinski definition) is 9. The zero-order valence-corrected chi connectivity index (χ0v) is 22.8. The molecule has 210 valence electrons. The van der Waals surface area contributed by atoms with Crippen LogP contribution in [0.4, 0.5) is 0 Å². The number of nitrogens with one attached hydrogen (secondary N) is 1. The summed E-state index contributed by atoms with van der Waals surface area (Å²) in [6.45, 7) is 1.50. The second kappa shape index (κ2) is 11.9. The Morgan fingerprint density at radius 2 is 1.65 bits per heavy atom. The lowest BCUT2D eigenvalue weighted by Crippen LogP contribution is -2.29. The fraction of sp³-hybridized carbons (Fsp3) is 0.310. The van der Waals surface area contributed by atoms with Crippen molar-refractivity contribution in [2.75, 3.05) is 28.4 Å². The normalized spacial score (nSPS) is 15.5. The highest BCUT2D eigenvalue weighted by Gasteiger charge is 2.36. The van der Waals surface area contributed by atoms with Crippen LogP contribution >= 0.6 is 0 Å². The highest BCUT2D eigenvalue weighted by molar-refractivity contribution is 5.95. The van der Waals surface area contributed by atoms with E-state index in [9.17, 15) is 19.7 Å². The van der Waals surface area contributed by atoms with Gasteiger partial charge in [-0.25, -0.2) is 0 Å². The number of carbonyl (C=O) groups is 1. The third-order valence-corrected chi connectivity index (χ3v) is 6.96. The molecule has 0 radical (unpaired) electrons. The van der Waals surface area contributed by atoms with Crippen LogP contribution in [0.2, 0.25) is 0 Å². The average molecular weight is 551 g/mol. The number of nitrogens with zero attached hydrogens (tertiary/aromatic N) is 1. The number of ether oxygens (including phenoxy) is 4. The molecule has 0 spiro atoms. The van der Waals surface area contributed by atoms with Gasteiger partial charge in [0.25, 0.3) is 11.0 Å². The van der Waals surface area contributed by atoms with E-state index in [4.69, 9.17) is 23.8 Å². The number of rotatable bonds is 9. The van der Waals surface area contributed by atoms with E-state index < -0.39 is 17.7 Å². The summed E-state index contributed by atoms with van der Waals surface area (Å²) in [5.74, 6) is 0.204. The van der Waals surface area contributed by atoms with E-state index in [-0.39, 0.29) is 34.5 Å². The monoisotopic (exact) mass is 550 g/mol. The quantitative estimate of drug-likeness (QED) is 0.303. The van der Waals surface area contributed by atoms with Gasteiger partial charge in [-0.2, -0.15) is 0 Å². The Balaban J connectivity index is 2.07. The van der Waals surface area contributed by atoms with Crippen LogP contribution in [0.25, 0.3) is 11.1 Å². The molecule has 3 aromatic carbocycles. The first-order chi connectivity index (χ1) is 19.2. The van der Waals surface area contributed by atoms with Crippen LogP contribution in [0.15, 0.2) is 53.3 Å². The lowest BCUT2D eigenvalue weighted by atomic mass is 9.86. The predicted octanol–water partition coefficient (Wildman–Crippen LogP) is 4.43. The molecule has 1 amide bonds. The topological polar surface area (TPSA) is 135 Å².